The summed E-state index contributed by atoms with van der Waals surface area (Å²) in [6.07, 6.45) is 7.53. The first-order chi connectivity index (χ1) is 8.83. The Morgan fingerprint density at radius 1 is 1.56 bits per heavy atom. The summed E-state index contributed by atoms with van der Waals surface area (Å²) >= 11 is 0. The molecule has 2 aliphatic heterocycles. The van der Waals surface area contributed by atoms with Crippen molar-refractivity contribution < 1.29 is 4.74 Å². The highest BCUT2D eigenvalue weighted by atomic mass is 16.5. The van der Waals surface area contributed by atoms with Gasteiger partial charge in [0.25, 0.3) is 0 Å². The molecular formula is C13H22N4O. The SMILES string of the molecule is CCCn1nncc1C(NC)C1CC2CCC1O2. The molecule has 2 fully saturated rings. The second-order valence-electron chi connectivity index (χ2n) is 5.42. The van der Waals surface area contributed by atoms with E-state index in [2.05, 4.69) is 22.6 Å². The molecule has 0 amide bonds. The van der Waals surface area contributed by atoms with Crippen molar-refractivity contribution in [2.45, 2.75) is 57.4 Å². The van der Waals surface area contributed by atoms with Crippen molar-refractivity contribution >= 4 is 0 Å². The lowest BCUT2D eigenvalue weighted by Crippen LogP contribution is -2.33. The van der Waals surface area contributed by atoms with Gasteiger partial charge >= 0.3 is 0 Å². The maximum Gasteiger partial charge on any atom is 0.0760 e. The zero-order valence-corrected chi connectivity index (χ0v) is 11.2. The fourth-order valence-electron chi connectivity index (χ4n) is 3.50. The summed E-state index contributed by atoms with van der Waals surface area (Å²) in [5.41, 5.74) is 1.21. The minimum absolute atomic E-state index is 0.321. The molecule has 1 aromatic rings. The third kappa shape index (κ3) is 1.95. The zero-order valence-electron chi connectivity index (χ0n) is 11.2. The predicted molar refractivity (Wildman–Crippen MR) is 68.1 cm³/mol. The first-order valence-corrected chi connectivity index (χ1v) is 7.04. The number of fused-ring (bicyclic) bond motifs is 2. The van der Waals surface area contributed by atoms with Crippen LogP contribution in [0.3, 0.4) is 0 Å². The lowest BCUT2D eigenvalue weighted by atomic mass is 9.82. The molecule has 100 valence electrons. The summed E-state index contributed by atoms with van der Waals surface area (Å²) in [6, 6.07) is 0.321. The molecule has 3 heterocycles. The number of nitrogens with zero attached hydrogens (tertiary/aromatic N) is 3. The molecule has 0 aromatic carbocycles. The van der Waals surface area contributed by atoms with Gasteiger partial charge in [0, 0.05) is 12.5 Å². The number of rotatable bonds is 5. The van der Waals surface area contributed by atoms with Gasteiger partial charge in [0.1, 0.15) is 0 Å². The Morgan fingerprint density at radius 3 is 3.06 bits per heavy atom. The van der Waals surface area contributed by atoms with Crippen LogP contribution in [0.1, 0.15) is 44.3 Å². The van der Waals surface area contributed by atoms with Crippen molar-refractivity contribution in [2.75, 3.05) is 7.05 Å². The molecule has 1 N–H and O–H groups in total. The van der Waals surface area contributed by atoms with E-state index in [0.29, 0.717) is 24.2 Å². The maximum atomic E-state index is 5.98. The van der Waals surface area contributed by atoms with E-state index in [1.54, 1.807) is 0 Å². The molecule has 0 radical (unpaired) electrons. The van der Waals surface area contributed by atoms with E-state index in [0.717, 1.165) is 13.0 Å². The molecule has 0 aliphatic carbocycles. The Balaban J connectivity index is 1.81. The summed E-state index contributed by atoms with van der Waals surface area (Å²) in [6.45, 7) is 3.11. The molecule has 2 aliphatic rings. The molecule has 1 aromatic heterocycles. The highest BCUT2D eigenvalue weighted by Gasteiger charge is 2.45. The number of hydrogen-bond donors (Lipinski definition) is 1. The Hall–Kier alpha value is -0.940. The van der Waals surface area contributed by atoms with Gasteiger partial charge in [0.05, 0.1) is 30.1 Å². The Morgan fingerprint density at radius 2 is 2.44 bits per heavy atom. The summed E-state index contributed by atoms with van der Waals surface area (Å²) in [5, 5.41) is 11.7. The van der Waals surface area contributed by atoms with Crippen LogP contribution in [-0.4, -0.2) is 34.2 Å². The van der Waals surface area contributed by atoms with Crippen LogP contribution in [0.5, 0.6) is 0 Å². The van der Waals surface area contributed by atoms with E-state index in [1.807, 2.05) is 17.9 Å². The quantitative estimate of drug-likeness (QED) is 0.860. The summed E-state index contributed by atoms with van der Waals surface area (Å²) in [5.74, 6) is 0.572. The van der Waals surface area contributed by atoms with Crippen molar-refractivity contribution in [1.29, 1.82) is 0 Å². The van der Waals surface area contributed by atoms with Crippen molar-refractivity contribution in [1.82, 2.24) is 20.3 Å². The van der Waals surface area contributed by atoms with Gasteiger partial charge < -0.3 is 10.1 Å². The minimum atomic E-state index is 0.321. The van der Waals surface area contributed by atoms with Crippen LogP contribution in [0.4, 0.5) is 0 Å². The van der Waals surface area contributed by atoms with Crippen molar-refractivity contribution in [3.63, 3.8) is 0 Å². The molecule has 5 heteroatoms. The first kappa shape index (κ1) is 12.1. The smallest absolute Gasteiger partial charge is 0.0760 e. The van der Waals surface area contributed by atoms with E-state index in [9.17, 15) is 0 Å². The van der Waals surface area contributed by atoms with Gasteiger partial charge in [-0.2, -0.15) is 0 Å². The fraction of sp³-hybridized carbons (Fsp3) is 0.846. The van der Waals surface area contributed by atoms with Crippen molar-refractivity contribution in [2.24, 2.45) is 5.92 Å². The minimum Gasteiger partial charge on any atom is -0.375 e. The molecule has 18 heavy (non-hydrogen) atoms. The van der Waals surface area contributed by atoms with E-state index < -0.39 is 0 Å². The summed E-state index contributed by atoms with van der Waals surface area (Å²) < 4.78 is 8.01. The van der Waals surface area contributed by atoms with E-state index >= 15 is 0 Å². The number of aromatic nitrogens is 3. The van der Waals surface area contributed by atoms with Crippen molar-refractivity contribution in [3.8, 4) is 0 Å². The molecule has 2 saturated heterocycles. The van der Waals surface area contributed by atoms with Crippen molar-refractivity contribution in [3.05, 3.63) is 11.9 Å². The van der Waals surface area contributed by atoms with Crippen LogP contribution in [0, 0.1) is 5.92 Å². The van der Waals surface area contributed by atoms with Gasteiger partial charge in [-0.25, -0.2) is 4.68 Å². The topological polar surface area (TPSA) is 52.0 Å². The third-order valence-electron chi connectivity index (χ3n) is 4.29. The van der Waals surface area contributed by atoms with Gasteiger partial charge in [-0.1, -0.05) is 12.1 Å². The number of hydrogen-bond acceptors (Lipinski definition) is 4. The summed E-state index contributed by atoms with van der Waals surface area (Å²) in [7, 11) is 2.03. The molecule has 2 bridgehead atoms. The zero-order chi connectivity index (χ0) is 12.5. The van der Waals surface area contributed by atoms with Gasteiger partial charge in [-0.3, -0.25) is 0 Å². The number of aryl methyl sites for hydroxylation is 1. The third-order valence-corrected chi connectivity index (χ3v) is 4.29. The Labute approximate surface area is 108 Å². The summed E-state index contributed by atoms with van der Waals surface area (Å²) in [4.78, 5) is 0. The lowest BCUT2D eigenvalue weighted by Gasteiger charge is -2.28. The van der Waals surface area contributed by atoms with Gasteiger partial charge in [-0.15, -0.1) is 5.10 Å². The van der Waals surface area contributed by atoms with Gasteiger partial charge in [-0.05, 0) is 32.7 Å². The number of nitrogens with one attached hydrogen (secondary N) is 1. The van der Waals surface area contributed by atoms with E-state index in [4.69, 9.17) is 4.74 Å². The van der Waals surface area contributed by atoms with Gasteiger partial charge in [0.2, 0.25) is 0 Å². The van der Waals surface area contributed by atoms with Crippen LogP contribution < -0.4 is 5.32 Å². The van der Waals surface area contributed by atoms with E-state index in [-0.39, 0.29) is 0 Å². The molecule has 0 spiro atoms. The number of ether oxygens (including phenoxy) is 1. The maximum absolute atomic E-state index is 5.98. The molecule has 3 rings (SSSR count). The second kappa shape index (κ2) is 4.97. The van der Waals surface area contributed by atoms with Crippen LogP contribution in [0.25, 0.3) is 0 Å². The second-order valence-corrected chi connectivity index (χ2v) is 5.42. The highest BCUT2D eigenvalue weighted by Crippen LogP contribution is 2.44. The first-order valence-electron chi connectivity index (χ1n) is 7.04. The highest BCUT2D eigenvalue weighted by molar-refractivity contribution is 5.08. The standard InChI is InChI=1S/C13H22N4O/c1-3-6-17-11(8-15-16-17)13(14-2)10-7-9-4-5-12(10)18-9/h8-10,12-14H,3-7H2,1-2H3. The average molecular weight is 250 g/mol. The molecule has 5 nitrogen and oxygen atoms in total. The molecule has 0 saturated carbocycles. The van der Waals surface area contributed by atoms with Gasteiger partial charge in [0.15, 0.2) is 0 Å². The van der Waals surface area contributed by atoms with Crippen LogP contribution in [-0.2, 0) is 11.3 Å². The molecule has 4 atom stereocenters. The Kier molecular flexibility index (Phi) is 3.35. The molecular weight excluding hydrogens is 228 g/mol. The Bertz CT molecular complexity index is 405. The molecule has 4 unspecified atom stereocenters. The van der Waals surface area contributed by atoms with Crippen LogP contribution in [0.2, 0.25) is 0 Å². The van der Waals surface area contributed by atoms with E-state index in [1.165, 1.54) is 25.0 Å². The monoisotopic (exact) mass is 250 g/mol. The average Bonchev–Trinajstić information content (AvgIpc) is 3.07. The van der Waals surface area contributed by atoms with Crippen LogP contribution >= 0.6 is 0 Å². The largest absolute Gasteiger partial charge is 0.375 e. The fourth-order valence-corrected chi connectivity index (χ4v) is 3.50. The normalized spacial score (nSPS) is 32.0. The predicted octanol–water partition coefficient (Wildman–Crippen LogP) is 1.52. The lowest BCUT2D eigenvalue weighted by molar-refractivity contribution is 0.0856. The van der Waals surface area contributed by atoms with Crippen LogP contribution in [0.15, 0.2) is 6.20 Å².